The van der Waals surface area contributed by atoms with Crippen LogP contribution in [0.5, 0.6) is 0 Å². The van der Waals surface area contributed by atoms with Crippen LogP contribution in [0.4, 0.5) is 0 Å². The molecule has 2 nitrogen and oxygen atoms in total. The second-order valence-corrected chi connectivity index (χ2v) is 4.36. The van der Waals surface area contributed by atoms with Crippen LogP contribution in [-0.4, -0.2) is 11.3 Å². The van der Waals surface area contributed by atoms with Gasteiger partial charge in [-0.15, -0.1) is 6.42 Å². The van der Waals surface area contributed by atoms with Gasteiger partial charge in [-0.2, -0.15) is 0 Å². The summed E-state index contributed by atoms with van der Waals surface area (Å²) in [6.45, 7) is 0. The molecule has 0 aromatic heterocycles. The van der Waals surface area contributed by atoms with Crippen LogP contribution in [0.2, 0.25) is 0 Å². The van der Waals surface area contributed by atoms with Crippen molar-refractivity contribution in [2.45, 2.75) is 6.23 Å². The van der Waals surface area contributed by atoms with Crippen molar-refractivity contribution in [3.05, 3.63) is 0 Å². The lowest BCUT2D eigenvalue weighted by Gasteiger charge is -1.83. The summed E-state index contributed by atoms with van der Waals surface area (Å²) in [6, 6.07) is 0. The fourth-order valence-electron chi connectivity index (χ4n) is 0.990. The van der Waals surface area contributed by atoms with E-state index in [1.165, 1.54) is 0 Å². The highest BCUT2D eigenvalue weighted by atomic mass is 16.3. The van der Waals surface area contributed by atoms with Gasteiger partial charge in [0.25, 0.3) is 0 Å². The molecule has 1 atom stereocenters. The van der Waals surface area contributed by atoms with E-state index in [0.717, 1.165) is 0 Å². The second kappa shape index (κ2) is 24.9. The predicted molar refractivity (Wildman–Crippen MR) is 136 cm³/mol. The van der Waals surface area contributed by atoms with Crippen molar-refractivity contribution in [1.29, 1.82) is 0 Å². The van der Waals surface area contributed by atoms with Gasteiger partial charge in [-0.05, 0) is 101 Å². The van der Waals surface area contributed by atoms with Crippen molar-refractivity contribution >= 4 is 0 Å². The number of hydrogen-bond donors (Lipinski definition) is 2. The molecule has 0 radical (unpaired) electrons. The van der Waals surface area contributed by atoms with Crippen molar-refractivity contribution in [3.63, 3.8) is 0 Å². The number of nitrogens with two attached hydrogens (primary N) is 1. The van der Waals surface area contributed by atoms with Crippen LogP contribution in [0.3, 0.4) is 0 Å². The maximum Gasteiger partial charge on any atom is 0.166 e. The lowest BCUT2D eigenvalue weighted by molar-refractivity contribution is 0.241. The highest BCUT2D eigenvalue weighted by Gasteiger charge is 1.78. The SMILES string of the molecule is C#CC#CC#CC#CC#CC#CC#CC#CC#CC#CC#CC#CC#CC#CC#CC#CC(N)O. The highest BCUT2D eigenvalue weighted by molar-refractivity contribution is 5.48. The Morgan fingerprint density at radius 1 is 0.343 bits per heavy atom. The predicted octanol–water partition coefficient (Wildman–Crippen LogP) is -1.05. The van der Waals surface area contributed by atoms with Crippen molar-refractivity contribution in [2.24, 2.45) is 5.73 Å². The Balaban J connectivity index is 4.49. The summed E-state index contributed by atoms with van der Waals surface area (Å²) < 4.78 is 0. The molecule has 0 bridgehead atoms. The third kappa shape index (κ3) is 26.9. The molecule has 0 aliphatic carbocycles. The van der Waals surface area contributed by atoms with Crippen LogP contribution < -0.4 is 5.73 Å². The molecule has 1 unspecified atom stereocenters. The fraction of sp³-hybridized carbons (Fsp3) is 0.0303. The average molecular weight is 431 g/mol. The zero-order chi connectivity index (χ0) is 25.5. The Hall–Kier alpha value is -7.12. The van der Waals surface area contributed by atoms with Crippen LogP contribution in [0, 0.1) is 190 Å². The summed E-state index contributed by atoms with van der Waals surface area (Å²) in [5.41, 5.74) is 4.99. The van der Waals surface area contributed by atoms with Gasteiger partial charge in [0.1, 0.15) is 0 Å². The normalized spacial score (nSPS) is 5.29. The van der Waals surface area contributed by atoms with Gasteiger partial charge in [-0.25, -0.2) is 0 Å². The van der Waals surface area contributed by atoms with Gasteiger partial charge >= 0.3 is 0 Å². The zero-order valence-corrected chi connectivity index (χ0v) is 17.7. The molecule has 0 aromatic rings. The summed E-state index contributed by atoms with van der Waals surface area (Å²) >= 11 is 0. The van der Waals surface area contributed by atoms with Crippen LogP contribution in [0.1, 0.15) is 0 Å². The first-order valence-corrected chi connectivity index (χ1v) is 8.67. The Bertz CT molecular complexity index is 1850. The third-order valence-corrected chi connectivity index (χ3v) is 2.04. The Labute approximate surface area is 207 Å². The van der Waals surface area contributed by atoms with Crippen molar-refractivity contribution < 1.29 is 5.11 Å². The zero-order valence-electron chi connectivity index (χ0n) is 17.7. The van der Waals surface area contributed by atoms with Crippen molar-refractivity contribution in [1.82, 2.24) is 0 Å². The molecule has 148 valence electrons. The summed E-state index contributed by atoms with van der Waals surface area (Å²) in [7, 11) is 0. The molecule has 0 aliphatic rings. The fourth-order valence-corrected chi connectivity index (χ4v) is 0.990. The van der Waals surface area contributed by atoms with Gasteiger partial charge in [0.2, 0.25) is 0 Å². The average Bonchev–Trinajstić information content (AvgIpc) is 2.85. The molecule has 35 heavy (non-hydrogen) atoms. The van der Waals surface area contributed by atoms with Gasteiger partial charge in [0.15, 0.2) is 6.23 Å². The molecule has 0 aromatic carbocycles. The molecule has 0 rings (SSSR count). The van der Waals surface area contributed by atoms with Gasteiger partial charge in [0, 0.05) is 82.9 Å². The van der Waals surface area contributed by atoms with E-state index in [0.29, 0.717) is 0 Å². The molecule has 0 saturated heterocycles. The Morgan fingerprint density at radius 3 is 0.686 bits per heavy atom. The molecule has 0 fully saturated rings. The summed E-state index contributed by atoms with van der Waals surface area (Å²) in [6.07, 6.45) is 3.70. The molecular weight excluding hydrogens is 426 g/mol. The van der Waals surface area contributed by atoms with E-state index in [9.17, 15) is 0 Å². The van der Waals surface area contributed by atoms with Gasteiger partial charge in [0.05, 0.1) is 0 Å². The maximum absolute atomic E-state index is 8.67. The number of terminal acetylenes is 1. The van der Waals surface area contributed by atoms with Gasteiger partial charge in [-0.3, -0.25) is 5.73 Å². The van der Waals surface area contributed by atoms with Crippen molar-refractivity contribution in [3.8, 4) is 190 Å². The maximum atomic E-state index is 8.67. The first-order chi connectivity index (χ1) is 17.3. The first kappa shape index (κ1) is 27.9. The molecule has 0 amide bonds. The lowest BCUT2D eigenvalue weighted by Crippen LogP contribution is -2.14. The molecule has 0 heterocycles. The number of rotatable bonds is 0. The van der Waals surface area contributed by atoms with E-state index >= 15 is 0 Å². The molecule has 2 heteroatoms. The molecular formula is C33H5NO. The minimum Gasteiger partial charge on any atom is -0.368 e. The summed E-state index contributed by atoms with van der Waals surface area (Å²) in [5.74, 6) is 75.5. The van der Waals surface area contributed by atoms with Crippen LogP contribution in [0.25, 0.3) is 0 Å². The molecule has 0 saturated carbocycles. The van der Waals surface area contributed by atoms with E-state index in [2.05, 4.69) is 184 Å². The molecule has 0 spiro atoms. The van der Waals surface area contributed by atoms with Crippen LogP contribution in [0.15, 0.2) is 0 Å². The number of aliphatic hydroxyl groups excluding tert-OH is 1. The van der Waals surface area contributed by atoms with E-state index < -0.39 is 6.23 Å². The van der Waals surface area contributed by atoms with E-state index in [4.69, 9.17) is 17.3 Å². The van der Waals surface area contributed by atoms with Gasteiger partial charge < -0.3 is 5.11 Å². The molecule has 0 aliphatic heterocycles. The quantitative estimate of drug-likeness (QED) is 0.380. The summed E-state index contributed by atoms with van der Waals surface area (Å²) in [4.78, 5) is 0. The third-order valence-electron chi connectivity index (χ3n) is 2.04. The minimum atomic E-state index is -1.22. The monoisotopic (exact) mass is 431 g/mol. The minimum absolute atomic E-state index is 1.22. The van der Waals surface area contributed by atoms with Crippen molar-refractivity contribution in [2.75, 3.05) is 0 Å². The molecule has 3 N–H and O–H groups in total. The van der Waals surface area contributed by atoms with Crippen LogP contribution >= 0.6 is 0 Å². The summed E-state index contributed by atoms with van der Waals surface area (Å²) in [5, 5.41) is 8.67. The Kier molecular flexibility index (Phi) is 19.8. The van der Waals surface area contributed by atoms with E-state index in [1.54, 1.807) is 0 Å². The lowest BCUT2D eigenvalue weighted by atomic mass is 10.4. The van der Waals surface area contributed by atoms with E-state index in [1.807, 2.05) is 0 Å². The second-order valence-electron chi connectivity index (χ2n) is 4.36. The topological polar surface area (TPSA) is 46.2 Å². The Morgan fingerprint density at radius 2 is 0.514 bits per heavy atom. The number of aliphatic hydroxyl groups is 1. The first-order valence-electron chi connectivity index (χ1n) is 8.67. The van der Waals surface area contributed by atoms with E-state index in [-0.39, 0.29) is 0 Å². The van der Waals surface area contributed by atoms with Gasteiger partial charge in [-0.1, -0.05) is 0 Å². The highest BCUT2D eigenvalue weighted by Crippen LogP contribution is 1.62. The van der Waals surface area contributed by atoms with Crippen LogP contribution in [-0.2, 0) is 0 Å². The largest absolute Gasteiger partial charge is 0.368 e. The standard InChI is InChI=1S/C33H5NO/c1-2-3-4-5-6-7-8-9-10-11-12-13-14-15-16-17-18-19-20-21-22-23-24-25-26-27-28-29-30-31-32-33(34)35/h1,33,35H,34H2. The smallest absolute Gasteiger partial charge is 0.166 e. The number of hydrogen-bond acceptors (Lipinski definition) is 2.